The maximum Gasteiger partial charge on any atom is 0.355 e. The maximum absolute atomic E-state index is 12.9. The number of nitrogens with zero attached hydrogens (tertiary/aromatic N) is 4. The van der Waals surface area contributed by atoms with Crippen LogP contribution in [0.2, 0.25) is 0 Å². The molecule has 0 radical (unpaired) electrons. The molecule has 3 heterocycles. The second-order valence-electron chi connectivity index (χ2n) is 7.75. The average molecular weight is 499 g/mol. The number of aromatic nitrogens is 1. The smallest absolute Gasteiger partial charge is 0.355 e. The van der Waals surface area contributed by atoms with Crippen LogP contribution < -0.4 is 11.1 Å². The molecule has 1 aromatic heterocycles. The Morgan fingerprint density at radius 2 is 2.15 bits per heavy atom. The number of nitrogens with two attached hydrogens (primary N) is 1. The number of fused-ring (bicyclic) bond motifs is 1. The third kappa shape index (κ3) is 4.56. The molecule has 1 aromatic rings. The van der Waals surface area contributed by atoms with Crippen molar-refractivity contribution < 1.29 is 32.7 Å². The number of hydrazine groups is 1. The molecule has 1 atom stereocenters. The molecule has 1 aliphatic carbocycles. The Labute approximate surface area is 192 Å². The van der Waals surface area contributed by atoms with Crippen molar-refractivity contribution in [1.82, 2.24) is 20.3 Å². The van der Waals surface area contributed by atoms with Crippen molar-refractivity contribution in [1.29, 1.82) is 0 Å². The van der Waals surface area contributed by atoms with E-state index in [1.165, 1.54) is 17.3 Å². The van der Waals surface area contributed by atoms with E-state index < -0.39 is 39.4 Å². The topological polar surface area (TPSA) is 185 Å². The van der Waals surface area contributed by atoms with Gasteiger partial charge in [0.2, 0.25) is 0 Å². The summed E-state index contributed by atoms with van der Waals surface area (Å²) in [6.45, 7) is 1.36. The molecular formula is C18H22N6O7S2. The lowest BCUT2D eigenvalue weighted by molar-refractivity contribution is -0.143. The molecule has 1 saturated heterocycles. The van der Waals surface area contributed by atoms with Crippen molar-refractivity contribution in [2.45, 2.75) is 25.8 Å². The lowest BCUT2D eigenvalue weighted by atomic mass is 10.2. The molecule has 0 unspecified atom stereocenters. The molecule has 4 N–H and O–H groups in total. The number of hydrogen-bond acceptors (Lipinski definition) is 11. The van der Waals surface area contributed by atoms with Crippen LogP contribution >= 0.6 is 11.3 Å². The molecule has 0 aromatic carbocycles. The number of anilines is 1. The molecule has 15 heteroatoms. The van der Waals surface area contributed by atoms with E-state index >= 15 is 0 Å². The highest BCUT2D eigenvalue weighted by Crippen LogP contribution is 2.32. The van der Waals surface area contributed by atoms with Crippen molar-refractivity contribution >= 4 is 49.8 Å². The molecule has 2 fully saturated rings. The van der Waals surface area contributed by atoms with Crippen LogP contribution in [0.4, 0.5) is 5.13 Å². The number of sulfone groups is 1. The van der Waals surface area contributed by atoms with Gasteiger partial charge in [-0.25, -0.2) is 28.2 Å². The fraction of sp³-hybridized carbons (Fsp3) is 0.500. The van der Waals surface area contributed by atoms with E-state index in [2.05, 4.69) is 15.5 Å². The van der Waals surface area contributed by atoms with Gasteiger partial charge in [0.1, 0.15) is 18.3 Å². The number of carboxylic acid groups (broad SMARTS) is 1. The highest BCUT2D eigenvalue weighted by molar-refractivity contribution is 7.95. The standard InChI is InChI=1S/C18H22N6O7S2/c1-2-33(29,30)12-6-23-5-10(16(26)24(23)14(12)17(27)28)20-15(25)13(11-8-32-18(19)21-11)22-31-7-9-3-4-9/h8-10H,2-7H2,1H3,(H2,19,21)(H,20,25)(H,27,28)/b22-13+/t10-/m0/s1. The third-order valence-electron chi connectivity index (χ3n) is 5.39. The molecule has 13 nitrogen and oxygen atoms in total. The molecule has 2 aliphatic heterocycles. The maximum atomic E-state index is 12.9. The zero-order chi connectivity index (χ0) is 23.9. The van der Waals surface area contributed by atoms with Crippen LogP contribution in [0.1, 0.15) is 25.5 Å². The highest BCUT2D eigenvalue weighted by Gasteiger charge is 2.50. The first-order valence-corrected chi connectivity index (χ1v) is 12.7. The molecule has 1 saturated carbocycles. The number of carbonyl (C=O) groups excluding carboxylic acids is 2. The van der Waals surface area contributed by atoms with Gasteiger partial charge in [-0.2, -0.15) is 0 Å². The number of thiazole rings is 1. The van der Waals surface area contributed by atoms with Gasteiger partial charge in [-0.3, -0.25) is 9.59 Å². The minimum Gasteiger partial charge on any atom is -0.476 e. The van der Waals surface area contributed by atoms with Crippen LogP contribution in [0, 0.1) is 5.92 Å². The monoisotopic (exact) mass is 498 g/mol. The number of aliphatic carboxylic acids is 1. The van der Waals surface area contributed by atoms with Crippen LogP contribution in [0.3, 0.4) is 0 Å². The van der Waals surface area contributed by atoms with Gasteiger partial charge >= 0.3 is 5.97 Å². The van der Waals surface area contributed by atoms with Crippen molar-refractivity contribution in [3.63, 3.8) is 0 Å². The number of nitrogen functional groups attached to an aromatic ring is 1. The van der Waals surface area contributed by atoms with Gasteiger partial charge in [-0.05, 0) is 18.8 Å². The van der Waals surface area contributed by atoms with Gasteiger partial charge in [0.05, 0.1) is 17.2 Å². The Morgan fingerprint density at radius 1 is 1.42 bits per heavy atom. The van der Waals surface area contributed by atoms with E-state index in [-0.39, 0.29) is 40.3 Å². The third-order valence-corrected chi connectivity index (χ3v) is 7.90. The van der Waals surface area contributed by atoms with Crippen LogP contribution in [0.25, 0.3) is 0 Å². The predicted octanol–water partition coefficient (Wildman–Crippen LogP) is -0.855. The molecule has 4 rings (SSSR count). The summed E-state index contributed by atoms with van der Waals surface area (Å²) in [4.78, 5) is 46.7. The minimum absolute atomic E-state index is 0.112. The number of amides is 2. The highest BCUT2D eigenvalue weighted by atomic mass is 32.2. The summed E-state index contributed by atoms with van der Waals surface area (Å²) in [7, 11) is -3.84. The fourth-order valence-electron chi connectivity index (χ4n) is 3.46. The first kappa shape index (κ1) is 23.1. The second-order valence-corrected chi connectivity index (χ2v) is 10.9. The van der Waals surface area contributed by atoms with Crippen molar-refractivity contribution in [2.75, 3.05) is 31.2 Å². The molecule has 0 spiro atoms. The molecule has 33 heavy (non-hydrogen) atoms. The SMILES string of the molecule is CCS(=O)(=O)C1=C(C(=O)O)N2C(=O)[C@@H](NC(=O)/C(=N/OCC3CC3)c3csc(N)n3)CN2C1. The quantitative estimate of drug-likeness (QED) is 0.286. The zero-order valence-corrected chi connectivity index (χ0v) is 19.2. The summed E-state index contributed by atoms with van der Waals surface area (Å²) in [5, 5.41) is 19.8. The number of hydrogen-bond donors (Lipinski definition) is 3. The summed E-state index contributed by atoms with van der Waals surface area (Å²) in [5.41, 5.74) is 5.05. The van der Waals surface area contributed by atoms with Crippen LogP contribution in [-0.4, -0.2) is 83.5 Å². The van der Waals surface area contributed by atoms with Crippen molar-refractivity contribution in [3.8, 4) is 0 Å². The number of nitrogens with one attached hydrogen (secondary N) is 1. The molecule has 178 valence electrons. The van der Waals surface area contributed by atoms with Crippen molar-refractivity contribution in [2.24, 2.45) is 11.1 Å². The normalized spacial score (nSPS) is 21.5. The Balaban J connectivity index is 1.54. The number of rotatable bonds is 9. The second kappa shape index (κ2) is 8.72. The Morgan fingerprint density at radius 3 is 2.73 bits per heavy atom. The Hall–Kier alpha value is -3.04. The Bertz CT molecular complexity index is 1170. The first-order valence-electron chi connectivity index (χ1n) is 10.1. The van der Waals surface area contributed by atoms with E-state index in [1.54, 1.807) is 0 Å². The van der Waals surface area contributed by atoms with E-state index in [0.29, 0.717) is 12.5 Å². The van der Waals surface area contributed by atoms with Gasteiger partial charge in [0, 0.05) is 11.9 Å². The average Bonchev–Trinajstić information content (AvgIpc) is 3.23. The first-order chi connectivity index (χ1) is 15.6. The van der Waals surface area contributed by atoms with E-state index in [0.717, 1.165) is 29.2 Å². The molecule has 2 amide bonds. The largest absolute Gasteiger partial charge is 0.476 e. The van der Waals surface area contributed by atoms with Gasteiger partial charge in [-0.15, -0.1) is 11.3 Å². The van der Waals surface area contributed by atoms with Crippen molar-refractivity contribution in [3.05, 3.63) is 21.7 Å². The van der Waals surface area contributed by atoms with Crippen LogP contribution in [0.15, 0.2) is 21.1 Å². The van der Waals surface area contributed by atoms with Gasteiger partial charge < -0.3 is 21.0 Å². The van der Waals surface area contributed by atoms with E-state index in [1.807, 2.05) is 0 Å². The molecular weight excluding hydrogens is 476 g/mol. The van der Waals surface area contributed by atoms with Crippen LogP contribution in [0.5, 0.6) is 0 Å². The van der Waals surface area contributed by atoms with E-state index in [4.69, 9.17) is 10.6 Å². The van der Waals surface area contributed by atoms with Gasteiger partial charge in [0.25, 0.3) is 11.8 Å². The zero-order valence-electron chi connectivity index (χ0n) is 17.6. The number of carbonyl (C=O) groups is 3. The molecule has 3 aliphatic rings. The van der Waals surface area contributed by atoms with E-state index in [9.17, 15) is 27.9 Å². The lowest BCUT2D eigenvalue weighted by Crippen LogP contribution is -2.46. The fourth-order valence-corrected chi connectivity index (χ4v) is 5.17. The Kier molecular flexibility index (Phi) is 6.11. The lowest BCUT2D eigenvalue weighted by Gasteiger charge is -2.18. The summed E-state index contributed by atoms with van der Waals surface area (Å²) in [6, 6.07) is -1.12. The molecule has 0 bridgehead atoms. The van der Waals surface area contributed by atoms with Gasteiger partial charge in [0.15, 0.2) is 26.4 Å². The van der Waals surface area contributed by atoms with Crippen LogP contribution in [-0.2, 0) is 29.1 Å². The number of carboxylic acids is 1. The van der Waals surface area contributed by atoms with Gasteiger partial charge in [-0.1, -0.05) is 12.1 Å². The number of oxime groups is 1. The summed E-state index contributed by atoms with van der Waals surface area (Å²) in [6.07, 6.45) is 2.05. The predicted molar refractivity (Wildman–Crippen MR) is 116 cm³/mol. The summed E-state index contributed by atoms with van der Waals surface area (Å²) < 4.78 is 24.6. The summed E-state index contributed by atoms with van der Waals surface area (Å²) >= 11 is 1.11. The minimum atomic E-state index is -3.84. The summed E-state index contributed by atoms with van der Waals surface area (Å²) in [5.74, 6) is -2.97.